The number of benzene rings is 1. The van der Waals surface area contributed by atoms with Gasteiger partial charge in [0.15, 0.2) is 5.96 Å². The fraction of sp³-hybridized carbons (Fsp3) is 0.632. The summed E-state index contributed by atoms with van der Waals surface area (Å²) in [5, 5.41) is 0. The van der Waals surface area contributed by atoms with E-state index in [1.807, 2.05) is 23.9 Å². The Kier molecular flexibility index (Phi) is 6.29. The van der Waals surface area contributed by atoms with Gasteiger partial charge in [0.1, 0.15) is 5.82 Å². The molecule has 5 nitrogen and oxygen atoms in total. The van der Waals surface area contributed by atoms with E-state index in [9.17, 15) is 4.39 Å². The van der Waals surface area contributed by atoms with Crippen molar-refractivity contribution in [1.29, 1.82) is 0 Å². The van der Waals surface area contributed by atoms with E-state index in [1.165, 1.54) is 25.0 Å². The Morgan fingerprint density at radius 3 is 2.31 bits per heavy atom. The number of piperazine rings is 1. The molecule has 0 amide bonds. The molecule has 0 bridgehead atoms. The quantitative estimate of drug-likeness (QED) is 0.641. The van der Waals surface area contributed by atoms with E-state index in [2.05, 4.69) is 28.0 Å². The SMILES string of the molecule is CSC1(CN=C(N)N2CCN(c3ccc(F)cc3)CC2)CCN(C)CC1. The van der Waals surface area contributed by atoms with Crippen LogP contribution in [0.3, 0.4) is 0 Å². The molecule has 0 radical (unpaired) electrons. The number of likely N-dealkylation sites (tertiary alicyclic amines) is 1. The predicted octanol–water partition coefficient (Wildman–Crippen LogP) is 2.09. The Hall–Kier alpha value is -1.47. The molecule has 26 heavy (non-hydrogen) atoms. The molecule has 2 N–H and O–H groups in total. The van der Waals surface area contributed by atoms with E-state index in [-0.39, 0.29) is 10.6 Å². The molecular weight excluding hydrogens is 349 g/mol. The molecule has 144 valence electrons. The van der Waals surface area contributed by atoms with Gasteiger partial charge in [0.05, 0.1) is 6.54 Å². The Morgan fingerprint density at radius 1 is 1.12 bits per heavy atom. The number of nitrogens with two attached hydrogens (primary N) is 1. The van der Waals surface area contributed by atoms with Crippen LogP contribution in [0.5, 0.6) is 0 Å². The van der Waals surface area contributed by atoms with Gasteiger partial charge in [0.2, 0.25) is 0 Å². The monoisotopic (exact) mass is 379 g/mol. The van der Waals surface area contributed by atoms with Crippen molar-refractivity contribution in [1.82, 2.24) is 9.80 Å². The van der Waals surface area contributed by atoms with Crippen LogP contribution in [-0.2, 0) is 0 Å². The molecule has 0 aliphatic carbocycles. The summed E-state index contributed by atoms with van der Waals surface area (Å²) in [7, 11) is 2.18. The van der Waals surface area contributed by atoms with E-state index in [0.29, 0.717) is 5.96 Å². The minimum absolute atomic E-state index is 0.194. The Morgan fingerprint density at radius 2 is 1.73 bits per heavy atom. The number of hydrogen-bond donors (Lipinski definition) is 1. The maximum atomic E-state index is 13.1. The fourth-order valence-electron chi connectivity index (χ4n) is 3.62. The van der Waals surface area contributed by atoms with Crippen molar-refractivity contribution in [3.63, 3.8) is 0 Å². The molecule has 1 aromatic rings. The van der Waals surface area contributed by atoms with E-state index in [4.69, 9.17) is 10.7 Å². The van der Waals surface area contributed by atoms with Crippen molar-refractivity contribution >= 4 is 23.4 Å². The number of anilines is 1. The third kappa shape index (κ3) is 4.62. The van der Waals surface area contributed by atoms with Gasteiger partial charge in [-0.2, -0.15) is 11.8 Å². The number of nitrogens with zero attached hydrogens (tertiary/aromatic N) is 4. The fourth-order valence-corrected chi connectivity index (χ4v) is 4.41. The first-order valence-corrected chi connectivity index (χ1v) is 10.5. The van der Waals surface area contributed by atoms with Crippen LogP contribution in [0.25, 0.3) is 0 Å². The summed E-state index contributed by atoms with van der Waals surface area (Å²) in [6.07, 6.45) is 4.53. The van der Waals surface area contributed by atoms with Gasteiger partial charge in [-0.25, -0.2) is 4.39 Å². The zero-order valence-corrected chi connectivity index (χ0v) is 16.6. The highest BCUT2D eigenvalue weighted by atomic mass is 32.2. The number of piperidine rings is 1. The van der Waals surface area contributed by atoms with Gasteiger partial charge in [-0.3, -0.25) is 4.99 Å². The number of guanidine groups is 1. The number of halogens is 1. The maximum Gasteiger partial charge on any atom is 0.191 e. The van der Waals surface area contributed by atoms with Crippen molar-refractivity contribution in [3.05, 3.63) is 30.1 Å². The van der Waals surface area contributed by atoms with Crippen LogP contribution in [0.4, 0.5) is 10.1 Å². The molecule has 2 aliphatic rings. The van der Waals surface area contributed by atoms with Crippen LogP contribution < -0.4 is 10.6 Å². The first kappa shape index (κ1) is 19.3. The van der Waals surface area contributed by atoms with E-state index in [1.54, 1.807) is 0 Å². The summed E-state index contributed by atoms with van der Waals surface area (Å²) >= 11 is 1.94. The predicted molar refractivity (Wildman–Crippen MR) is 110 cm³/mol. The summed E-state index contributed by atoms with van der Waals surface area (Å²) < 4.78 is 13.3. The molecule has 3 rings (SSSR count). The highest BCUT2D eigenvalue weighted by molar-refractivity contribution is 8.00. The van der Waals surface area contributed by atoms with E-state index >= 15 is 0 Å². The molecule has 0 aromatic heterocycles. The van der Waals surface area contributed by atoms with Crippen molar-refractivity contribution in [2.45, 2.75) is 17.6 Å². The number of hydrogen-bond acceptors (Lipinski definition) is 4. The molecule has 7 heteroatoms. The highest BCUT2D eigenvalue weighted by Gasteiger charge is 2.33. The number of aliphatic imine (C=N–C) groups is 1. The lowest BCUT2D eigenvalue weighted by atomic mass is 9.96. The third-order valence-electron chi connectivity index (χ3n) is 5.66. The van der Waals surface area contributed by atoms with Crippen LogP contribution in [-0.4, -0.2) is 79.6 Å². The number of thioether (sulfide) groups is 1. The summed E-state index contributed by atoms with van der Waals surface area (Å²) in [6.45, 7) is 6.51. The Labute approximate surface area is 160 Å². The maximum absolute atomic E-state index is 13.1. The van der Waals surface area contributed by atoms with Crippen molar-refractivity contribution in [3.8, 4) is 0 Å². The topological polar surface area (TPSA) is 48.1 Å². The van der Waals surface area contributed by atoms with Gasteiger partial charge in [-0.15, -0.1) is 0 Å². The molecule has 0 spiro atoms. The highest BCUT2D eigenvalue weighted by Crippen LogP contribution is 2.34. The average molecular weight is 380 g/mol. The molecule has 2 aliphatic heterocycles. The van der Waals surface area contributed by atoms with Crippen LogP contribution in [0.1, 0.15) is 12.8 Å². The lowest BCUT2D eigenvalue weighted by Crippen LogP contribution is -2.51. The molecule has 1 aromatic carbocycles. The molecule has 0 unspecified atom stereocenters. The Balaban J connectivity index is 1.53. The smallest absolute Gasteiger partial charge is 0.191 e. The van der Waals surface area contributed by atoms with Crippen LogP contribution in [0.2, 0.25) is 0 Å². The van der Waals surface area contributed by atoms with Gasteiger partial charge < -0.3 is 20.4 Å². The second kappa shape index (κ2) is 8.48. The normalized spacial score (nSPS) is 21.9. The van der Waals surface area contributed by atoms with Gasteiger partial charge in [0, 0.05) is 36.6 Å². The zero-order valence-electron chi connectivity index (χ0n) is 15.8. The molecule has 2 saturated heterocycles. The molecule has 2 heterocycles. The summed E-state index contributed by atoms with van der Waals surface area (Å²) in [5.74, 6) is 0.469. The van der Waals surface area contributed by atoms with E-state index in [0.717, 1.165) is 51.5 Å². The van der Waals surface area contributed by atoms with Crippen molar-refractivity contribution in [2.24, 2.45) is 10.7 Å². The Bertz CT molecular complexity index is 605. The molecule has 0 atom stereocenters. The standard InChI is InChI=1S/C19H30FN5S/c1-23-9-7-19(26-2,8-10-23)15-22-18(21)25-13-11-24(12-14-25)17-5-3-16(20)4-6-17/h3-6H,7-15H2,1-2H3,(H2,21,22). The molecule has 2 fully saturated rings. The van der Waals surface area contributed by atoms with Gasteiger partial charge >= 0.3 is 0 Å². The first-order chi connectivity index (χ1) is 12.5. The van der Waals surface area contributed by atoms with Crippen LogP contribution >= 0.6 is 11.8 Å². The van der Waals surface area contributed by atoms with Crippen molar-refractivity contribution < 1.29 is 4.39 Å². The second-order valence-electron chi connectivity index (χ2n) is 7.32. The van der Waals surface area contributed by atoms with Gasteiger partial charge in [-0.1, -0.05) is 0 Å². The average Bonchev–Trinajstić information content (AvgIpc) is 2.68. The molecule has 0 saturated carbocycles. The lowest BCUT2D eigenvalue weighted by Gasteiger charge is -2.39. The van der Waals surface area contributed by atoms with E-state index < -0.39 is 0 Å². The van der Waals surface area contributed by atoms with Gasteiger partial charge in [-0.05, 0) is 63.5 Å². The minimum atomic E-state index is -0.194. The largest absolute Gasteiger partial charge is 0.370 e. The summed E-state index contributed by atoms with van der Waals surface area (Å²) in [5.41, 5.74) is 7.36. The second-order valence-corrected chi connectivity index (χ2v) is 8.59. The summed E-state index contributed by atoms with van der Waals surface area (Å²) in [4.78, 5) is 11.6. The van der Waals surface area contributed by atoms with Crippen LogP contribution in [0.15, 0.2) is 29.3 Å². The first-order valence-electron chi connectivity index (χ1n) is 9.30. The zero-order chi connectivity index (χ0) is 18.6. The lowest BCUT2D eigenvalue weighted by molar-refractivity contribution is 0.242. The molecular formula is C19H30FN5S. The minimum Gasteiger partial charge on any atom is -0.370 e. The summed E-state index contributed by atoms with van der Waals surface area (Å²) in [6, 6.07) is 6.71. The number of rotatable bonds is 4. The van der Waals surface area contributed by atoms with Crippen molar-refractivity contribution in [2.75, 3.05) is 64.0 Å². The van der Waals surface area contributed by atoms with Crippen LogP contribution in [0, 0.1) is 5.82 Å². The van der Waals surface area contributed by atoms with Gasteiger partial charge in [0.25, 0.3) is 0 Å². The third-order valence-corrected chi connectivity index (χ3v) is 7.06.